The van der Waals surface area contributed by atoms with Crippen LogP contribution in [0, 0.1) is 17.1 Å². The molecule has 0 radical (unpaired) electrons. The molecule has 27 heavy (non-hydrogen) atoms. The maximum Gasteiger partial charge on any atom is 0.410 e. The predicted octanol–water partition coefficient (Wildman–Crippen LogP) is 3.46. The maximum absolute atomic E-state index is 13.5. The van der Waals surface area contributed by atoms with Gasteiger partial charge in [0.05, 0.1) is 11.8 Å². The van der Waals surface area contributed by atoms with E-state index in [9.17, 15) is 14.0 Å². The first kappa shape index (κ1) is 20.5. The van der Waals surface area contributed by atoms with Gasteiger partial charge in [0, 0.05) is 32.0 Å². The van der Waals surface area contributed by atoms with Crippen LogP contribution in [0.5, 0.6) is 5.75 Å². The lowest BCUT2D eigenvalue weighted by Crippen LogP contribution is -2.44. The lowest BCUT2D eigenvalue weighted by Gasteiger charge is -2.33. The van der Waals surface area contributed by atoms with E-state index < -0.39 is 17.3 Å². The number of nitrogens with zero attached hydrogens (tertiary/aromatic N) is 2. The molecule has 1 aromatic rings. The van der Waals surface area contributed by atoms with Gasteiger partial charge in [-0.3, -0.25) is 4.79 Å². The summed E-state index contributed by atoms with van der Waals surface area (Å²) >= 11 is 0. The number of amides is 2. The highest BCUT2D eigenvalue weighted by molar-refractivity contribution is 5.93. The Balaban J connectivity index is 1.96. The Morgan fingerprint density at radius 3 is 2.59 bits per heavy atom. The van der Waals surface area contributed by atoms with Crippen LogP contribution in [-0.2, 0) is 9.53 Å². The van der Waals surface area contributed by atoms with Crippen molar-refractivity contribution in [1.82, 2.24) is 4.90 Å². The first-order valence-electron chi connectivity index (χ1n) is 8.79. The molecule has 0 aliphatic carbocycles. The van der Waals surface area contributed by atoms with Crippen molar-refractivity contribution < 1.29 is 23.5 Å². The molecular weight excluding hydrogens is 353 g/mol. The quantitative estimate of drug-likeness (QED) is 0.868. The zero-order chi connectivity index (χ0) is 20.0. The molecule has 1 saturated heterocycles. The molecule has 1 aliphatic heterocycles. The molecule has 1 aliphatic rings. The van der Waals surface area contributed by atoms with Gasteiger partial charge < -0.3 is 19.7 Å². The van der Waals surface area contributed by atoms with Crippen LogP contribution < -0.4 is 10.1 Å². The van der Waals surface area contributed by atoms with Gasteiger partial charge in [-0.15, -0.1) is 0 Å². The fraction of sp³-hybridized carbons (Fsp3) is 0.526. The molecule has 2 rings (SSSR count). The zero-order valence-electron chi connectivity index (χ0n) is 15.8. The Labute approximate surface area is 158 Å². The summed E-state index contributed by atoms with van der Waals surface area (Å²) in [6.07, 6.45) is 0.308. The lowest BCUT2D eigenvalue weighted by atomic mass is 10.1. The normalized spacial score (nSPS) is 15.0. The number of nitrogens with one attached hydrogen (secondary N) is 1. The van der Waals surface area contributed by atoms with Crippen LogP contribution in [0.15, 0.2) is 18.2 Å². The maximum atomic E-state index is 13.5. The average Bonchev–Trinajstić information content (AvgIpc) is 2.56. The minimum atomic E-state index is -0.547. The van der Waals surface area contributed by atoms with Crippen LogP contribution in [0.25, 0.3) is 0 Å². The Morgan fingerprint density at radius 2 is 2.00 bits per heavy atom. The Hall–Kier alpha value is -2.82. The summed E-state index contributed by atoms with van der Waals surface area (Å²) < 4.78 is 24.8. The Bertz CT molecular complexity index is 731. The van der Waals surface area contributed by atoms with Gasteiger partial charge in [-0.05, 0) is 32.9 Å². The van der Waals surface area contributed by atoms with E-state index in [4.69, 9.17) is 14.7 Å². The van der Waals surface area contributed by atoms with Crippen molar-refractivity contribution in [2.45, 2.75) is 51.7 Å². The van der Waals surface area contributed by atoms with E-state index in [0.29, 0.717) is 31.7 Å². The second-order valence-corrected chi connectivity index (χ2v) is 7.31. The Morgan fingerprint density at radius 1 is 1.33 bits per heavy atom. The van der Waals surface area contributed by atoms with Crippen LogP contribution in [0.4, 0.5) is 14.9 Å². The molecule has 0 spiro atoms. The summed E-state index contributed by atoms with van der Waals surface area (Å²) in [5.41, 5.74) is -0.362. The molecule has 2 amide bonds. The van der Waals surface area contributed by atoms with E-state index in [1.807, 2.05) is 20.8 Å². The standard InChI is InChI=1S/C19H24FN3O4/c1-19(2,3)27-18(25)23-10-7-14(8-11-23)26-16-5-4-13(20)12-15(16)22-17(24)6-9-21/h4-5,12,14H,6-8,10-11H2,1-3H3,(H,22,24). The summed E-state index contributed by atoms with van der Waals surface area (Å²) in [5.74, 6) is -0.722. The number of benzene rings is 1. The predicted molar refractivity (Wildman–Crippen MR) is 96.7 cm³/mol. The van der Waals surface area contributed by atoms with Crippen molar-refractivity contribution in [2.75, 3.05) is 18.4 Å². The SMILES string of the molecule is CC(C)(C)OC(=O)N1CCC(Oc2ccc(F)cc2NC(=O)CC#N)CC1. The van der Waals surface area contributed by atoms with Crippen molar-refractivity contribution in [1.29, 1.82) is 5.26 Å². The first-order chi connectivity index (χ1) is 12.7. The molecule has 1 aromatic carbocycles. The molecule has 1 fully saturated rings. The molecule has 0 bridgehead atoms. The average molecular weight is 377 g/mol. The smallest absolute Gasteiger partial charge is 0.410 e. The van der Waals surface area contributed by atoms with Crippen LogP contribution >= 0.6 is 0 Å². The summed E-state index contributed by atoms with van der Waals surface area (Å²) in [6.45, 7) is 6.42. The molecule has 0 atom stereocenters. The van der Waals surface area contributed by atoms with Gasteiger partial charge in [-0.2, -0.15) is 5.26 Å². The van der Waals surface area contributed by atoms with Crippen molar-refractivity contribution in [3.8, 4) is 11.8 Å². The van der Waals surface area contributed by atoms with Crippen molar-refractivity contribution in [3.05, 3.63) is 24.0 Å². The molecule has 1 N–H and O–H groups in total. The van der Waals surface area contributed by atoms with Crippen molar-refractivity contribution in [3.63, 3.8) is 0 Å². The number of halogens is 1. The van der Waals surface area contributed by atoms with Gasteiger partial charge in [0.2, 0.25) is 5.91 Å². The number of hydrogen-bond acceptors (Lipinski definition) is 5. The van der Waals surface area contributed by atoms with Gasteiger partial charge in [-0.1, -0.05) is 0 Å². The summed E-state index contributed by atoms with van der Waals surface area (Å²) in [7, 11) is 0. The summed E-state index contributed by atoms with van der Waals surface area (Å²) in [6, 6.07) is 5.58. The molecular formula is C19H24FN3O4. The third-order valence-electron chi connectivity index (χ3n) is 3.84. The van der Waals surface area contributed by atoms with E-state index in [-0.39, 0.29) is 24.3 Å². The molecule has 7 nitrogen and oxygen atoms in total. The number of carbonyl (C=O) groups excluding carboxylic acids is 2. The number of nitriles is 1. The van der Waals surface area contributed by atoms with E-state index in [0.717, 1.165) is 6.07 Å². The highest BCUT2D eigenvalue weighted by atomic mass is 19.1. The second-order valence-electron chi connectivity index (χ2n) is 7.31. The third-order valence-corrected chi connectivity index (χ3v) is 3.84. The zero-order valence-corrected chi connectivity index (χ0v) is 15.8. The number of rotatable bonds is 4. The lowest BCUT2D eigenvalue weighted by molar-refractivity contribution is -0.115. The number of carbonyl (C=O) groups is 2. The fourth-order valence-corrected chi connectivity index (χ4v) is 2.63. The largest absolute Gasteiger partial charge is 0.488 e. The molecule has 0 unspecified atom stereocenters. The van der Waals surface area contributed by atoms with Crippen LogP contribution in [0.2, 0.25) is 0 Å². The number of piperidine rings is 1. The number of ether oxygens (including phenoxy) is 2. The van der Waals surface area contributed by atoms with Crippen LogP contribution in [0.3, 0.4) is 0 Å². The van der Waals surface area contributed by atoms with Gasteiger partial charge in [-0.25, -0.2) is 9.18 Å². The van der Waals surface area contributed by atoms with Crippen LogP contribution in [0.1, 0.15) is 40.0 Å². The number of likely N-dealkylation sites (tertiary alicyclic amines) is 1. The minimum Gasteiger partial charge on any atom is -0.488 e. The fourth-order valence-electron chi connectivity index (χ4n) is 2.63. The van der Waals surface area contributed by atoms with Gasteiger partial charge in [0.1, 0.15) is 29.7 Å². The first-order valence-corrected chi connectivity index (χ1v) is 8.79. The van der Waals surface area contributed by atoms with Crippen molar-refractivity contribution >= 4 is 17.7 Å². The highest BCUT2D eigenvalue weighted by Gasteiger charge is 2.28. The molecule has 8 heteroatoms. The highest BCUT2D eigenvalue weighted by Crippen LogP contribution is 2.29. The monoisotopic (exact) mass is 377 g/mol. The van der Waals surface area contributed by atoms with Crippen molar-refractivity contribution in [2.24, 2.45) is 0 Å². The molecule has 0 saturated carbocycles. The third kappa shape index (κ3) is 6.44. The van der Waals surface area contributed by atoms with Crippen LogP contribution in [-0.4, -0.2) is 41.7 Å². The summed E-state index contributed by atoms with van der Waals surface area (Å²) in [5, 5.41) is 11.1. The topological polar surface area (TPSA) is 91.7 Å². The summed E-state index contributed by atoms with van der Waals surface area (Å²) in [4.78, 5) is 25.4. The van der Waals surface area contributed by atoms with Gasteiger partial charge in [0.15, 0.2) is 0 Å². The molecule has 146 valence electrons. The number of hydrogen-bond donors (Lipinski definition) is 1. The number of anilines is 1. The van der Waals surface area contributed by atoms with E-state index >= 15 is 0 Å². The molecule has 1 heterocycles. The van der Waals surface area contributed by atoms with E-state index in [2.05, 4.69) is 5.32 Å². The minimum absolute atomic E-state index is 0.180. The van der Waals surface area contributed by atoms with Gasteiger partial charge >= 0.3 is 6.09 Å². The van der Waals surface area contributed by atoms with E-state index in [1.54, 1.807) is 11.0 Å². The second kappa shape index (κ2) is 8.71. The van der Waals surface area contributed by atoms with Gasteiger partial charge in [0.25, 0.3) is 0 Å². The Kier molecular flexibility index (Phi) is 6.61. The molecule has 0 aromatic heterocycles. The van der Waals surface area contributed by atoms with E-state index in [1.165, 1.54) is 12.1 Å².